The number of hydrogen-bond donors (Lipinski definition) is 2. The zero-order valence-corrected chi connectivity index (χ0v) is 16.1. The molecule has 2 heteroatoms. The SMILES string of the molecule is C=C/C(=C\c1c(C)[nH]c(=C/C)/c1=C\C)c1cccc2c1[nH]c1ccccc12. The second-order valence-electron chi connectivity index (χ2n) is 6.77. The van der Waals surface area contributed by atoms with Crippen molar-refractivity contribution < 1.29 is 0 Å². The lowest BCUT2D eigenvalue weighted by Gasteiger charge is -2.05. The molecular weight excluding hydrogens is 328 g/mol. The Balaban J connectivity index is 2.01. The topological polar surface area (TPSA) is 31.6 Å². The summed E-state index contributed by atoms with van der Waals surface area (Å²) in [5.74, 6) is 0. The average molecular weight is 352 g/mol. The van der Waals surface area contributed by atoms with Crippen molar-refractivity contribution in [3.8, 4) is 0 Å². The van der Waals surface area contributed by atoms with Gasteiger partial charge in [0.05, 0.1) is 5.52 Å². The highest BCUT2D eigenvalue weighted by atomic mass is 14.7. The summed E-state index contributed by atoms with van der Waals surface area (Å²) in [6.45, 7) is 10.4. The van der Waals surface area contributed by atoms with Crippen LogP contribution in [0.25, 0.3) is 45.6 Å². The minimum absolute atomic E-state index is 1.11. The van der Waals surface area contributed by atoms with Crippen molar-refractivity contribution in [3.63, 3.8) is 0 Å². The van der Waals surface area contributed by atoms with Gasteiger partial charge < -0.3 is 9.97 Å². The standard InChI is InChI=1S/C25H24N2/c1-5-17(15-22-16(4)26-23(7-3)18(22)6-2)19-12-10-13-21-20-11-8-9-14-24(20)27-25(19)21/h5-15,26-27H,1H2,2-4H3/b17-15+,18-6-,23-7+. The first-order valence-corrected chi connectivity index (χ1v) is 9.33. The molecule has 2 nitrogen and oxygen atoms in total. The molecule has 0 aliphatic heterocycles. The number of aryl methyl sites for hydroxylation is 1. The summed E-state index contributed by atoms with van der Waals surface area (Å²) in [7, 11) is 0. The largest absolute Gasteiger partial charge is 0.358 e. The van der Waals surface area contributed by atoms with E-state index in [0.717, 1.165) is 22.0 Å². The van der Waals surface area contributed by atoms with E-state index in [4.69, 9.17) is 0 Å². The number of aromatic nitrogens is 2. The highest BCUT2D eigenvalue weighted by Gasteiger charge is 2.11. The number of H-pyrrole nitrogens is 2. The van der Waals surface area contributed by atoms with Crippen LogP contribution in [0.3, 0.4) is 0 Å². The first-order chi connectivity index (χ1) is 13.2. The number of nitrogens with one attached hydrogen (secondary N) is 2. The van der Waals surface area contributed by atoms with Gasteiger partial charge >= 0.3 is 0 Å². The maximum Gasteiger partial charge on any atom is 0.0544 e. The predicted octanol–water partition coefficient (Wildman–Crippen LogP) is 5.29. The monoisotopic (exact) mass is 352 g/mol. The normalized spacial score (nSPS) is 13.8. The maximum atomic E-state index is 4.10. The van der Waals surface area contributed by atoms with Gasteiger partial charge in [-0.05, 0) is 38.5 Å². The molecule has 4 rings (SSSR count). The van der Waals surface area contributed by atoms with Crippen molar-refractivity contribution >= 4 is 45.6 Å². The van der Waals surface area contributed by atoms with Gasteiger partial charge in [-0.15, -0.1) is 0 Å². The number of hydrogen-bond acceptors (Lipinski definition) is 0. The van der Waals surface area contributed by atoms with E-state index in [-0.39, 0.29) is 0 Å². The minimum atomic E-state index is 1.11. The minimum Gasteiger partial charge on any atom is -0.358 e. The summed E-state index contributed by atoms with van der Waals surface area (Å²) in [5.41, 5.74) is 6.98. The average Bonchev–Trinajstić information content (AvgIpc) is 3.23. The molecule has 0 unspecified atom stereocenters. The Morgan fingerprint density at radius 2 is 1.70 bits per heavy atom. The molecule has 0 aliphatic carbocycles. The van der Waals surface area contributed by atoms with Crippen LogP contribution in [0, 0.1) is 6.92 Å². The van der Waals surface area contributed by atoms with Crippen LogP contribution in [0.2, 0.25) is 0 Å². The van der Waals surface area contributed by atoms with E-state index < -0.39 is 0 Å². The zero-order chi connectivity index (χ0) is 19.0. The molecule has 0 fully saturated rings. The van der Waals surface area contributed by atoms with Crippen molar-refractivity contribution in [3.05, 3.63) is 82.5 Å². The fraction of sp³-hybridized carbons (Fsp3) is 0.120. The molecule has 0 radical (unpaired) electrons. The molecule has 0 saturated carbocycles. The number of para-hydroxylation sites is 2. The molecular formula is C25H24N2. The second kappa shape index (κ2) is 6.81. The Labute approximate surface area is 159 Å². The fourth-order valence-electron chi connectivity index (χ4n) is 3.92. The van der Waals surface area contributed by atoms with Crippen LogP contribution in [0.5, 0.6) is 0 Å². The van der Waals surface area contributed by atoms with Gasteiger partial charge in [0.25, 0.3) is 0 Å². The summed E-state index contributed by atoms with van der Waals surface area (Å²) in [4.78, 5) is 7.08. The summed E-state index contributed by atoms with van der Waals surface area (Å²) in [6, 6.07) is 14.9. The highest BCUT2D eigenvalue weighted by molar-refractivity contribution is 6.11. The first kappa shape index (κ1) is 17.2. The first-order valence-electron chi connectivity index (χ1n) is 9.33. The lowest BCUT2D eigenvalue weighted by Crippen LogP contribution is -2.23. The van der Waals surface area contributed by atoms with Crippen LogP contribution >= 0.6 is 0 Å². The maximum absolute atomic E-state index is 4.10. The van der Waals surface area contributed by atoms with Crippen LogP contribution in [-0.4, -0.2) is 9.97 Å². The molecule has 0 amide bonds. The van der Waals surface area contributed by atoms with Gasteiger partial charge in [0.2, 0.25) is 0 Å². The number of allylic oxidation sites excluding steroid dienone is 2. The van der Waals surface area contributed by atoms with E-state index in [0.29, 0.717) is 0 Å². The number of aromatic amines is 2. The molecule has 4 aromatic rings. The molecule has 27 heavy (non-hydrogen) atoms. The van der Waals surface area contributed by atoms with Crippen molar-refractivity contribution in [2.45, 2.75) is 20.8 Å². The number of benzene rings is 2. The van der Waals surface area contributed by atoms with Crippen LogP contribution in [0.4, 0.5) is 0 Å². The van der Waals surface area contributed by atoms with Crippen molar-refractivity contribution in [1.29, 1.82) is 0 Å². The molecule has 2 aromatic carbocycles. The molecule has 2 heterocycles. The Kier molecular flexibility index (Phi) is 4.33. The third-order valence-corrected chi connectivity index (χ3v) is 5.26. The summed E-state index contributed by atoms with van der Waals surface area (Å²) in [5, 5.41) is 4.89. The van der Waals surface area contributed by atoms with Gasteiger partial charge in [0.15, 0.2) is 0 Å². The summed E-state index contributed by atoms with van der Waals surface area (Å²) >= 11 is 0. The van der Waals surface area contributed by atoms with Crippen molar-refractivity contribution in [2.75, 3.05) is 0 Å². The molecule has 0 spiro atoms. The van der Waals surface area contributed by atoms with Gasteiger partial charge in [-0.1, -0.05) is 61.2 Å². The number of fused-ring (bicyclic) bond motifs is 3. The fourth-order valence-corrected chi connectivity index (χ4v) is 3.92. The quantitative estimate of drug-likeness (QED) is 0.470. The molecule has 0 atom stereocenters. The third kappa shape index (κ3) is 2.74. The van der Waals surface area contributed by atoms with E-state index in [1.165, 1.54) is 32.8 Å². The molecule has 2 N–H and O–H groups in total. The van der Waals surface area contributed by atoms with Crippen molar-refractivity contribution in [1.82, 2.24) is 9.97 Å². The van der Waals surface area contributed by atoms with E-state index in [1.54, 1.807) is 0 Å². The van der Waals surface area contributed by atoms with Crippen molar-refractivity contribution in [2.24, 2.45) is 0 Å². The van der Waals surface area contributed by atoms with E-state index >= 15 is 0 Å². The van der Waals surface area contributed by atoms with Gasteiger partial charge in [-0.3, -0.25) is 0 Å². The molecule has 0 saturated heterocycles. The zero-order valence-electron chi connectivity index (χ0n) is 16.1. The Bertz CT molecular complexity index is 1310. The summed E-state index contributed by atoms with van der Waals surface area (Å²) in [6.07, 6.45) is 8.46. The molecule has 0 bridgehead atoms. The number of rotatable bonds is 3. The van der Waals surface area contributed by atoms with Crippen LogP contribution in [0.1, 0.15) is 30.7 Å². The lowest BCUT2D eigenvalue weighted by atomic mass is 9.99. The van der Waals surface area contributed by atoms with E-state index in [9.17, 15) is 0 Å². The van der Waals surface area contributed by atoms with Gasteiger partial charge in [-0.25, -0.2) is 0 Å². The Morgan fingerprint density at radius 3 is 2.44 bits per heavy atom. The summed E-state index contributed by atoms with van der Waals surface area (Å²) < 4.78 is 0. The van der Waals surface area contributed by atoms with Crippen LogP contribution in [0.15, 0.2) is 55.1 Å². The van der Waals surface area contributed by atoms with E-state index in [1.807, 2.05) is 6.08 Å². The lowest BCUT2D eigenvalue weighted by molar-refractivity contribution is 1.21. The smallest absolute Gasteiger partial charge is 0.0544 e. The molecule has 2 aromatic heterocycles. The predicted molar refractivity (Wildman–Crippen MR) is 119 cm³/mol. The third-order valence-electron chi connectivity index (χ3n) is 5.26. The van der Waals surface area contributed by atoms with Crippen LogP contribution in [-0.2, 0) is 0 Å². The van der Waals surface area contributed by atoms with E-state index in [2.05, 4.69) is 98.0 Å². The molecule has 0 aliphatic rings. The van der Waals surface area contributed by atoms with Gasteiger partial charge in [0.1, 0.15) is 0 Å². The van der Waals surface area contributed by atoms with Crippen LogP contribution < -0.4 is 10.6 Å². The second-order valence-corrected chi connectivity index (χ2v) is 6.77. The Hall–Kier alpha value is -3.26. The Morgan fingerprint density at radius 1 is 0.926 bits per heavy atom. The van der Waals surface area contributed by atoms with Gasteiger partial charge in [0, 0.05) is 43.7 Å². The molecule has 134 valence electrons. The highest BCUT2D eigenvalue weighted by Crippen LogP contribution is 2.31. The van der Waals surface area contributed by atoms with Gasteiger partial charge in [-0.2, -0.15) is 0 Å².